The number of rotatable bonds is 7. The standard InChI is InChI=1S/C23H26F4N6O2S2/c1-33-17(8-16(32-33)23(25,26)27)30-22(36)29-11-4-5-15-13(6-11)18(20(35)28-9-10-2-3-10)21(37-15)31-19(34)12-7-14(12)24/h8,10-12,14H,2-7,9H2,1H3,(H,28,35)(H,31,34)(H2,29,30,36). The predicted octanol–water partition coefficient (Wildman–Crippen LogP) is 3.78. The van der Waals surface area contributed by atoms with Crippen LogP contribution in [-0.2, 0) is 30.9 Å². The van der Waals surface area contributed by atoms with Crippen molar-refractivity contribution in [3.63, 3.8) is 0 Å². The van der Waals surface area contributed by atoms with Gasteiger partial charge >= 0.3 is 6.18 Å². The number of nitrogens with zero attached hydrogens (tertiary/aromatic N) is 2. The number of thiophene rings is 1. The fourth-order valence-electron chi connectivity index (χ4n) is 4.38. The SMILES string of the molecule is Cn1nc(C(F)(F)F)cc1NC(=S)NC1CCc2sc(NC(=O)C3CC3F)c(C(=O)NCC3CC3)c2C1. The quantitative estimate of drug-likeness (QED) is 0.305. The van der Waals surface area contributed by atoms with E-state index in [9.17, 15) is 27.2 Å². The van der Waals surface area contributed by atoms with Crippen LogP contribution in [0.5, 0.6) is 0 Å². The van der Waals surface area contributed by atoms with Crippen LogP contribution in [0.15, 0.2) is 6.07 Å². The summed E-state index contributed by atoms with van der Waals surface area (Å²) in [5.41, 5.74) is 0.173. The molecule has 4 N–H and O–H groups in total. The highest BCUT2D eigenvalue weighted by molar-refractivity contribution is 7.80. The number of carbonyl (C=O) groups is 2. The van der Waals surface area contributed by atoms with Crippen molar-refractivity contribution in [3.8, 4) is 0 Å². The summed E-state index contributed by atoms with van der Waals surface area (Å²) >= 11 is 6.67. The monoisotopic (exact) mass is 558 g/mol. The lowest BCUT2D eigenvalue weighted by Crippen LogP contribution is -2.41. The minimum atomic E-state index is -4.57. The van der Waals surface area contributed by atoms with Crippen LogP contribution in [0.2, 0.25) is 0 Å². The van der Waals surface area contributed by atoms with Crippen LogP contribution < -0.4 is 21.3 Å². The van der Waals surface area contributed by atoms with E-state index in [4.69, 9.17) is 12.2 Å². The number of alkyl halides is 4. The summed E-state index contributed by atoms with van der Waals surface area (Å²) in [4.78, 5) is 26.6. The van der Waals surface area contributed by atoms with Gasteiger partial charge in [-0.1, -0.05) is 0 Å². The van der Waals surface area contributed by atoms with Crippen LogP contribution in [0.4, 0.5) is 28.4 Å². The Bertz CT molecular complexity index is 1240. The van der Waals surface area contributed by atoms with Crippen molar-refractivity contribution in [1.29, 1.82) is 0 Å². The molecule has 0 bridgehead atoms. The summed E-state index contributed by atoms with van der Waals surface area (Å²) in [5.74, 6) is -0.810. The number of fused-ring (bicyclic) bond motifs is 1. The van der Waals surface area contributed by atoms with Crippen molar-refractivity contribution < 1.29 is 27.2 Å². The van der Waals surface area contributed by atoms with Gasteiger partial charge in [-0.25, -0.2) is 4.39 Å². The third-order valence-corrected chi connectivity index (χ3v) is 8.20. The van der Waals surface area contributed by atoms with E-state index >= 15 is 0 Å². The van der Waals surface area contributed by atoms with Gasteiger partial charge in [0.15, 0.2) is 10.8 Å². The van der Waals surface area contributed by atoms with Crippen molar-refractivity contribution in [2.45, 2.75) is 56.9 Å². The van der Waals surface area contributed by atoms with Crippen molar-refractivity contribution in [3.05, 3.63) is 27.8 Å². The largest absolute Gasteiger partial charge is 0.435 e. The van der Waals surface area contributed by atoms with E-state index in [-0.39, 0.29) is 29.3 Å². The summed E-state index contributed by atoms with van der Waals surface area (Å²) < 4.78 is 53.4. The Labute approximate surface area is 219 Å². The summed E-state index contributed by atoms with van der Waals surface area (Å²) in [7, 11) is 1.38. The van der Waals surface area contributed by atoms with E-state index in [1.54, 1.807) is 0 Å². The van der Waals surface area contributed by atoms with Gasteiger partial charge in [0.25, 0.3) is 5.91 Å². The Hall–Kier alpha value is -2.74. The molecule has 3 aliphatic carbocycles. The Kier molecular flexibility index (Phi) is 6.90. The van der Waals surface area contributed by atoms with Gasteiger partial charge < -0.3 is 21.3 Å². The molecule has 2 amide bonds. The molecule has 3 unspecified atom stereocenters. The first-order valence-corrected chi connectivity index (χ1v) is 13.3. The van der Waals surface area contributed by atoms with E-state index in [1.807, 2.05) is 0 Å². The first-order chi connectivity index (χ1) is 17.5. The molecule has 0 saturated heterocycles. The smallest absolute Gasteiger partial charge is 0.359 e. The first kappa shape index (κ1) is 25.9. The second-order valence-corrected chi connectivity index (χ2v) is 11.3. The molecule has 0 aliphatic heterocycles. The molecular weight excluding hydrogens is 532 g/mol. The second-order valence-electron chi connectivity index (χ2n) is 9.78. The maximum absolute atomic E-state index is 13.4. The maximum Gasteiger partial charge on any atom is 0.435 e. The van der Waals surface area contributed by atoms with Gasteiger partial charge in [-0.15, -0.1) is 11.3 Å². The Balaban J connectivity index is 1.29. The summed E-state index contributed by atoms with van der Waals surface area (Å²) in [6.45, 7) is 0.562. The average molecular weight is 559 g/mol. The number of nitrogens with one attached hydrogen (secondary N) is 4. The fraction of sp³-hybridized carbons (Fsp3) is 0.565. The van der Waals surface area contributed by atoms with Crippen LogP contribution in [0.25, 0.3) is 0 Å². The van der Waals surface area contributed by atoms with Crippen LogP contribution in [-0.4, -0.2) is 45.5 Å². The van der Waals surface area contributed by atoms with E-state index < -0.39 is 29.9 Å². The van der Waals surface area contributed by atoms with E-state index in [0.29, 0.717) is 42.3 Å². The number of anilines is 2. The minimum Gasteiger partial charge on any atom is -0.359 e. The van der Waals surface area contributed by atoms with Gasteiger partial charge in [-0.05, 0) is 62.2 Å². The summed E-state index contributed by atoms with van der Waals surface area (Å²) in [5, 5.41) is 15.6. The molecular formula is C23H26F4N6O2S2. The third kappa shape index (κ3) is 5.89. The number of hydrogen-bond donors (Lipinski definition) is 4. The van der Waals surface area contributed by atoms with Gasteiger partial charge in [-0.2, -0.15) is 18.3 Å². The Morgan fingerprint density at radius 2 is 1.97 bits per heavy atom. The topological polar surface area (TPSA) is 100 Å². The number of thiocarbonyl (C=S) groups is 1. The van der Waals surface area contributed by atoms with Crippen molar-refractivity contribution >= 4 is 51.3 Å². The molecule has 37 heavy (non-hydrogen) atoms. The average Bonchev–Trinajstić information content (AvgIpc) is 3.71. The van der Waals surface area contributed by atoms with Crippen molar-refractivity contribution in [2.75, 3.05) is 17.2 Å². The Morgan fingerprint density at radius 1 is 1.24 bits per heavy atom. The third-order valence-electron chi connectivity index (χ3n) is 6.77. The van der Waals surface area contributed by atoms with Crippen LogP contribution in [0, 0.1) is 11.8 Å². The molecule has 2 aromatic rings. The zero-order chi connectivity index (χ0) is 26.5. The minimum absolute atomic E-state index is 0.0910. The molecule has 0 radical (unpaired) electrons. The fourth-order valence-corrected chi connectivity index (χ4v) is 5.90. The first-order valence-electron chi connectivity index (χ1n) is 12.1. The second kappa shape index (κ2) is 9.86. The number of aromatic nitrogens is 2. The molecule has 2 fully saturated rings. The number of amides is 2. The van der Waals surface area contributed by atoms with E-state index in [1.165, 1.54) is 18.4 Å². The molecule has 3 aliphatic rings. The lowest BCUT2D eigenvalue weighted by molar-refractivity contribution is -0.141. The molecule has 5 rings (SSSR count). The molecule has 14 heteroatoms. The number of halogens is 4. The summed E-state index contributed by atoms with van der Waals surface area (Å²) in [6.07, 6.45) is -1.65. The van der Waals surface area contributed by atoms with Crippen LogP contribution in [0.1, 0.15) is 52.2 Å². The maximum atomic E-state index is 13.4. The van der Waals surface area contributed by atoms with Gasteiger partial charge in [0.2, 0.25) is 5.91 Å². The van der Waals surface area contributed by atoms with Crippen LogP contribution in [0.3, 0.4) is 0 Å². The molecule has 3 atom stereocenters. The molecule has 2 heterocycles. The summed E-state index contributed by atoms with van der Waals surface area (Å²) in [6, 6.07) is 0.694. The zero-order valence-corrected chi connectivity index (χ0v) is 21.5. The predicted molar refractivity (Wildman–Crippen MR) is 134 cm³/mol. The number of aryl methyl sites for hydroxylation is 2. The lowest BCUT2D eigenvalue weighted by atomic mass is 9.91. The normalized spacial score (nSPS) is 22.7. The number of hydrogen-bond acceptors (Lipinski definition) is 5. The molecule has 8 nitrogen and oxygen atoms in total. The van der Waals surface area contributed by atoms with E-state index in [0.717, 1.165) is 34.0 Å². The Morgan fingerprint density at radius 3 is 2.59 bits per heavy atom. The lowest BCUT2D eigenvalue weighted by Gasteiger charge is -2.25. The molecule has 2 saturated carbocycles. The highest BCUT2D eigenvalue weighted by Crippen LogP contribution is 2.41. The molecule has 0 spiro atoms. The highest BCUT2D eigenvalue weighted by Gasteiger charge is 2.44. The van der Waals surface area contributed by atoms with Gasteiger partial charge in [0, 0.05) is 30.6 Å². The van der Waals surface area contributed by atoms with Crippen molar-refractivity contribution in [2.24, 2.45) is 18.9 Å². The number of carbonyl (C=O) groups excluding carboxylic acids is 2. The molecule has 0 aromatic carbocycles. The highest BCUT2D eigenvalue weighted by atomic mass is 32.1. The van der Waals surface area contributed by atoms with Gasteiger partial charge in [0.1, 0.15) is 17.0 Å². The zero-order valence-electron chi connectivity index (χ0n) is 19.9. The van der Waals surface area contributed by atoms with E-state index in [2.05, 4.69) is 26.4 Å². The van der Waals surface area contributed by atoms with Gasteiger partial charge in [-0.3, -0.25) is 14.3 Å². The van der Waals surface area contributed by atoms with Gasteiger partial charge in [0.05, 0.1) is 11.5 Å². The van der Waals surface area contributed by atoms with Crippen LogP contribution >= 0.6 is 23.6 Å². The molecule has 200 valence electrons. The van der Waals surface area contributed by atoms with Crippen molar-refractivity contribution in [1.82, 2.24) is 20.4 Å². The molecule has 2 aromatic heterocycles.